The fraction of sp³-hybridized carbons (Fsp3) is 0.316. The average molecular weight is 534 g/mol. The minimum atomic E-state index is 0. The van der Waals surface area contributed by atoms with Crippen molar-refractivity contribution in [2.24, 2.45) is 4.99 Å². The van der Waals surface area contributed by atoms with Crippen molar-refractivity contribution in [3.05, 3.63) is 58.1 Å². The van der Waals surface area contributed by atoms with E-state index in [1.54, 1.807) is 21.3 Å². The predicted octanol–water partition coefficient (Wildman–Crippen LogP) is 3.99. The summed E-state index contributed by atoms with van der Waals surface area (Å²) >= 11 is 3.50. The molecule has 0 saturated heterocycles. The highest BCUT2D eigenvalue weighted by atomic mass is 127. The Hall–Kier alpha value is -1.48. The summed E-state index contributed by atoms with van der Waals surface area (Å²) in [5, 5.41) is 6.63. The van der Waals surface area contributed by atoms with E-state index in [1.807, 2.05) is 36.4 Å². The van der Waals surface area contributed by atoms with Gasteiger partial charge in [0.2, 0.25) is 0 Å². The van der Waals surface area contributed by atoms with E-state index >= 15 is 0 Å². The molecular formula is C19H25BrIN3O2. The van der Waals surface area contributed by atoms with Crippen molar-refractivity contribution >= 4 is 45.9 Å². The summed E-state index contributed by atoms with van der Waals surface area (Å²) in [6.07, 6.45) is 0.860. The van der Waals surface area contributed by atoms with Gasteiger partial charge in [-0.3, -0.25) is 4.99 Å². The summed E-state index contributed by atoms with van der Waals surface area (Å²) in [6, 6.07) is 14.1. The minimum absolute atomic E-state index is 0. The second-order valence-electron chi connectivity index (χ2n) is 5.38. The lowest BCUT2D eigenvalue weighted by molar-refractivity contribution is 0.409. The van der Waals surface area contributed by atoms with E-state index in [9.17, 15) is 0 Å². The van der Waals surface area contributed by atoms with Crippen LogP contribution in [-0.2, 0) is 13.0 Å². The van der Waals surface area contributed by atoms with Gasteiger partial charge in [-0.1, -0.05) is 24.3 Å². The fourth-order valence-electron chi connectivity index (χ4n) is 2.45. The molecule has 0 spiro atoms. The lowest BCUT2D eigenvalue weighted by Crippen LogP contribution is -2.37. The van der Waals surface area contributed by atoms with Crippen LogP contribution >= 0.6 is 39.9 Å². The van der Waals surface area contributed by atoms with Crippen LogP contribution in [0.3, 0.4) is 0 Å². The Kier molecular flexibility index (Phi) is 10.4. The van der Waals surface area contributed by atoms with Gasteiger partial charge in [0, 0.05) is 20.1 Å². The molecule has 0 unspecified atom stereocenters. The quantitative estimate of drug-likeness (QED) is 0.321. The zero-order valence-corrected chi connectivity index (χ0v) is 19.1. The Balaban J connectivity index is 0.00000338. The summed E-state index contributed by atoms with van der Waals surface area (Å²) in [4.78, 5) is 4.26. The molecule has 0 aliphatic heterocycles. The molecule has 0 fully saturated rings. The standard InChI is InChI=1S/C19H24BrN3O2.HI/c1-21-19(22-11-10-15-6-4-5-7-17(15)24-2)23-13-14-8-9-18(25-3)16(20)12-14;/h4-9,12H,10-11,13H2,1-3H3,(H2,21,22,23);1H. The Bertz CT molecular complexity index is 726. The molecule has 2 aromatic carbocycles. The fourth-order valence-corrected chi connectivity index (χ4v) is 3.04. The highest BCUT2D eigenvalue weighted by Crippen LogP contribution is 2.25. The molecule has 2 rings (SSSR count). The molecule has 2 aromatic rings. The molecule has 0 heterocycles. The summed E-state index contributed by atoms with van der Waals surface area (Å²) < 4.78 is 11.6. The van der Waals surface area contributed by atoms with Crippen LogP contribution in [0.15, 0.2) is 51.9 Å². The number of ether oxygens (including phenoxy) is 2. The first kappa shape index (κ1) is 22.6. The number of nitrogens with zero attached hydrogens (tertiary/aromatic N) is 1. The van der Waals surface area contributed by atoms with Gasteiger partial charge in [0.1, 0.15) is 11.5 Å². The van der Waals surface area contributed by atoms with Crippen LogP contribution in [0, 0.1) is 0 Å². The maximum absolute atomic E-state index is 5.38. The number of methoxy groups -OCH3 is 2. The average Bonchev–Trinajstić information content (AvgIpc) is 2.65. The molecule has 142 valence electrons. The van der Waals surface area contributed by atoms with E-state index in [1.165, 1.54) is 5.56 Å². The van der Waals surface area contributed by atoms with Crippen molar-refractivity contribution in [3.8, 4) is 11.5 Å². The Morgan fingerprint density at radius 3 is 2.42 bits per heavy atom. The second kappa shape index (κ2) is 12.0. The highest BCUT2D eigenvalue weighted by molar-refractivity contribution is 14.0. The van der Waals surface area contributed by atoms with Crippen LogP contribution in [0.1, 0.15) is 11.1 Å². The summed E-state index contributed by atoms with van der Waals surface area (Å²) in [5.41, 5.74) is 2.31. The Morgan fingerprint density at radius 2 is 1.77 bits per heavy atom. The summed E-state index contributed by atoms with van der Waals surface area (Å²) in [7, 11) is 5.12. The third kappa shape index (κ3) is 6.68. The number of rotatable bonds is 7. The number of hydrogen-bond donors (Lipinski definition) is 2. The van der Waals surface area contributed by atoms with Gasteiger partial charge in [-0.2, -0.15) is 0 Å². The molecule has 0 bridgehead atoms. The van der Waals surface area contributed by atoms with Crippen LogP contribution in [0.25, 0.3) is 0 Å². The highest BCUT2D eigenvalue weighted by Gasteiger charge is 2.04. The topological polar surface area (TPSA) is 54.9 Å². The zero-order chi connectivity index (χ0) is 18.1. The molecule has 26 heavy (non-hydrogen) atoms. The molecule has 0 atom stereocenters. The number of nitrogens with one attached hydrogen (secondary N) is 2. The Labute approximate surface area is 180 Å². The SMILES string of the molecule is CN=C(NCCc1ccccc1OC)NCc1ccc(OC)c(Br)c1.I. The molecule has 0 aliphatic carbocycles. The van der Waals surface area contributed by atoms with Crippen molar-refractivity contribution in [2.45, 2.75) is 13.0 Å². The molecule has 0 radical (unpaired) electrons. The maximum atomic E-state index is 5.38. The number of hydrogen-bond acceptors (Lipinski definition) is 3. The number of para-hydroxylation sites is 1. The van der Waals surface area contributed by atoms with Crippen molar-refractivity contribution in [1.82, 2.24) is 10.6 Å². The van der Waals surface area contributed by atoms with E-state index in [4.69, 9.17) is 9.47 Å². The van der Waals surface area contributed by atoms with Gasteiger partial charge in [-0.15, -0.1) is 24.0 Å². The third-order valence-electron chi connectivity index (χ3n) is 3.78. The first-order valence-electron chi connectivity index (χ1n) is 8.06. The smallest absolute Gasteiger partial charge is 0.191 e. The second-order valence-corrected chi connectivity index (χ2v) is 6.24. The van der Waals surface area contributed by atoms with Gasteiger partial charge in [-0.05, 0) is 51.7 Å². The summed E-state index contributed by atoms with van der Waals surface area (Å²) in [6.45, 7) is 1.45. The number of halogens is 2. The molecule has 0 aliphatic rings. The number of guanidine groups is 1. The molecule has 5 nitrogen and oxygen atoms in total. The molecular weight excluding hydrogens is 509 g/mol. The molecule has 0 saturated carbocycles. The van der Waals surface area contributed by atoms with Gasteiger partial charge < -0.3 is 20.1 Å². The van der Waals surface area contributed by atoms with Gasteiger partial charge >= 0.3 is 0 Å². The van der Waals surface area contributed by atoms with Crippen molar-refractivity contribution < 1.29 is 9.47 Å². The van der Waals surface area contributed by atoms with Crippen molar-refractivity contribution in [3.63, 3.8) is 0 Å². The molecule has 0 amide bonds. The van der Waals surface area contributed by atoms with Crippen molar-refractivity contribution in [2.75, 3.05) is 27.8 Å². The van der Waals surface area contributed by atoms with E-state index < -0.39 is 0 Å². The zero-order valence-electron chi connectivity index (χ0n) is 15.2. The van der Waals surface area contributed by atoms with Crippen LogP contribution < -0.4 is 20.1 Å². The Morgan fingerprint density at radius 1 is 1.04 bits per heavy atom. The third-order valence-corrected chi connectivity index (χ3v) is 4.40. The van der Waals surface area contributed by atoms with Crippen LogP contribution in [0.4, 0.5) is 0 Å². The first-order chi connectivity index (χ1) is 12.2. The van der Waals surface area contributed by atoms with Gasteiger partial charge in [0.05, 0.1) is 18.7 Å². The van der Waals surface area contributed by atoms with Crippen LogP contribution in [0.2, 0.25) is 0 Å². The molecule has 2 N–H and O–H groups in total. The molecule has 0 aromatic heterocycles. The van der Waals surface area contributed by atoms with E-state index in [0.29, 0.717) is 6.54 Å². The molecule has 7 heteroatoms. The normalized spacial score (nSPS) is 10.7. The minimum Gasteiger partial charge on any atom is -0.496 e. The monoisotopic (exact) mass is 533 g/mol. The summed E-state index contributed by atoms with van der Waals surface area (Å²) in [5.74, 6) is 2.50. The lowest BCUT2D eigenvalue weighted by Gasteiger charge is -2.13. The van der Waals surface area contributed by atoms with Gasteiger partial charge in [0.25, 0.3) is 0 Å². The first-order valence-corrected chi connectivity index (χ1v) is 8.86. The van der Waals surface area contributed by atoms with Gasteiger partial charge in [-0.25, -0.2) is 0 Å². The largest absolute Gasteiger partial charge is 0.496 e. The maximum Gasteiger partial charge on any atom is 0.191 e. The van der Waals surface area contributed by atoms with E-state index in [0.717, 1.165) is 40.5 Å². The van der Waals surface area contributed by atoms with E-state index in [2.05, 4.69) is 37.6 Å². The predicted molar refractivity (Wildman–Crippen MR) is 121 cm³/mol. The van der Waals surface area contributed by atoms with Crippen LogP contribution in [-0.4, -0.2) is 33.8 Å². The van der Waals surface area contributed by atoms with Crippen molar-refractivity contribution in [1.29, 1.82) is 0 Å². The van der Waals surface area contributed by atoms with Crippen LogP contribution in [0.5, 0.6) is 11.5 Å². The number of aliphatic imine (C=N–C) groups is 1. The van der Waals surface area contributed by atoms with Gasteiger partial charge in [0.15, 0.2) is 5.96 Å². The number of benzene rings is 2. The van der Waals surface area contributed by atoms with E-state index in [-0.39, 0.29) is 24.0 Å². The lowest BCUT2D eigenvalue weighted by atomic mass is 10.1.